The fraction of sp³-hybridized carbons (Fsp3) is 0.0588. The van der Waals surface area contributed by atoms with E-state index < -0.39 is 0 Å². The van der Waals surface area contributed by atoms with Crippen LogP contribution in [0.5, 0.6) is 0 Å². The Hall–Kier alpha value is -7.02. The van der Waals surface area contributed by atoms with E-state index in [4.69, 9.17) is 14.4 Å². The van der Waals surface area contributed by atoms with Crippen LogP contribution in [0.4, 0.5) is 0 Å². The first-order valence-electron chi connectivity index (χ1n) is 19.5. The SMILES string of the molecule is C1=CC(C2N=C(c3cccc4c3oc3c(-c5cccc6c5sc5c(-n7c8ccccc8c8ccccc87)cccc56)cccc34)N=C(c3ccccc3)N2)=CCC1. The quantitative estimate of drug-likeness (QED) is 0.190. The third-order valence-electron chi connectivity index (χ3n) is 11.5. The lowest BCUT2D eigenvalue weighted by molar-refractivity contribution is 0.668. The molecule has 270 valence electrons. The molecule has 0 radical (unpaired) electrons. The minimum atomic E-state index is -0.252. The predicted molar refractivity (Wildman–Crippen MR) is 239 cm³/mol. The van der Waals surface area contributed by atoms with E-state index in [-0.39, 0.29) is 6.17 Å². The summed E-state index contributed by atoms with van der Waals surface area (Å²) < 4.78 is 12.0. The van der Waals surface area contributed by atoms with Crippen molar-refractivity contribution in [2.75, 3.05) is 0 Å². The highest BCUT2D eigenvalue weighted by Crippen LogP contribution is 2.46. The molecule has 0 saturated heterocycles. The number of fused-ring (bicyclic) bond motifs is 9. The van der Waals surface area contributed by atoms with Gasteiger partial charge < -0.3 is 14.3 Å². The highest BCUT2D eigenvalue weighted by atomic mass is 32.1. The normalized spacial score (nSPS) is 15.8. The number of aliphatic imine (C=N–C) groups is 2. The zero-order chi connectivity index (χ0) is 37.5. The lowest BCUT2D eigenvalue weighted by Gasteiger charge is -2.25. The molecule has 0 fully saturated rings. The number of para-hydroxylation sites is 4. The lowest BCUT2D eigenvalue weighted by atomic mass is 10.00. The monoisotopic (exact) mass is 750 g/mol. The fourth-order valence-electron chi connectivity index (χ4n) is 8.90. The summed E-state index contributed by atoms with van der Waals surface area (Å²) in [6, 6.07) is 54.0. The molecule has 4 heterocycles. The van der Waals surface area contributed by atoms with Crippen molar-refractivity contribution in [3.8, 4) is 16.8 Å². The van der Waals surface area contributed by atoms with Crippen molar-refractivity contribution < 1.29 is 4.42 Å². The minimum absolute atomic E-state index is 0.252. The molecular weight excluding hydrogens is 717 g/mol. The summed E-state index contributed by atoms with van der Waals surface area (Å²) in [5.74, 6) is 1.46. The molecule has 2 aliphatic rings. The van der Waals surface area contributed by atoms with E-state index >= 15 is 0 Å². The Labute approximate surface area is 332 Å². The summed E-state index contributed by atoms with van der Waals surface area (Å²) in [4.78, 5) is 10.4. The number of rotatable bonds is 5. The van der Waals surface area contributed by atoms with Crippen LogP contribution in [0.3, 0.4) is 0 Å². The summed E-state index contributed by atoms with van der Waals surface area (Å²) in [5, 5.41) is 10.8. The van der Waals surface area contributed by atoms with Crippen LogP contribution < -0.4 is 5.32 Å². The Kier molecular flexibility index (Phi) is 7.22. The fourth-order valence-corrected chi connectivity index (χ4v) is 10.2. The molecule has 0 saturated carbocycles. The number of hydrogen-bond donors (Lipinski definition) is 1. The first-order valence-corrected chi connectivity index (χ1v) is 20.3. The maximum Gasteiger partial charge on any atom is 0.163 e. The van der Waals surface area contributed by atoms with Crippen LogP contribution in [0.15, 0.2) is 190 Å². The highest BCUT2D eigenvalue weighted by Gasteiger charge is 2.25. The van der Waals surface area contributed by atoms with Gasteiger partial charge >= 0.3 is 0 Å². The second-order valence-electron chi connectivity index (χ2n) is 14.8. The smallest absolute Gasteiger partial charge is 0.163 e. The van der Waals surface area contributed by atoms with Crippen molar-refractivity contribution >= 4 is 86.9 Å². The Morgan fingerprint density at radius 3 is 1.91 bits per heavy atom. The van der Waals surface area contributed by atoms with E-state index in [1.807, 2.05) is 29.5 Å². The summed E-state index contributed by atoms with van der Waals surface area (Å²) in [5.41, 5.74) is 10.6. The van der Waals surface area contributed by atoms with Crippen LogP contribution in [0, 0.1) is 0 Å². The van der Waals surface area contributed by atoms with Crippen molar-refractivity contribution in [1.82, 2.24) is 9.88 Å². The highest BCUT2D eigenvalue weighted by molar-refractivity contribution is 7.26. The van der Waals surface area contributed by atoms with Gasteiger partial charge in [-0.05, 0) is 42.7 Å². The number of allylic oxidation sites excluding steroid dienone is 2. The van der Waals surface area contributed by atoms with Gasteiger partial charge in [0, 0.05) is 53.7 Å². The van der Waals surface area contributed by atoms with Crippen LogP contribution >= 0.6 is 11.3 Å². The van der Waals surface area contributed by atoms with Crippen LogP contribution in [0.1, 0.15) is 24.0 Å². The van der Waals surface area contributed by atoms with Crippen molar-refractivity contribution in [2.45, 2.75) is 19.0 Å². The standard InChI is InChI=1S/C51H34N4OS/c1-3-15-31(16-4-1)49-52-50(32-17-5-2-6-18-32)54-51(53-49)41-27-12-22-36-35-21-11-23-37(45(35)56-46(36)41)38-24-13-25-39-40-26-14-30-44(48(40)57-47(38)39)55-42-28-9-7-19-33(42)34-20-8-10-29-43(34)55/h1,3-5,7-30,50H,2,6H2,(H,52,53,54). The maximum atomic E-state index is 7.05. The number of amidine groups is 2. The number of hydrogen-bond acceptors (Lipinski definition) is 5. The third-order valence-corrected chi connectivity index (χ3v) is 12.8. The van der Waals surface area contributed by atoms with Crippen molar-refractivity contribution in [1.29, 1.82) is 0 Å². The Morgan fingerprint density at radius 2 is 1.18 bits per heavy atom. The topological polar surface area (TPSA) is 54.8 Å². The molecule has 1 aliphatic carbocycles. The number of benzene rings is 7. The zero-order valence-electron chi connectivity index (χ0n) is 30.8. The zero-order valence-corrected chi connectivity index (χ0v) is 31.6. The van der Waals surface area contributed by atoms with Gasteiger partial charge in [0.1, 0.15) is 23.2 Å². The van der Waals surface area contributed by atoms with Crippen LogP contribution in [-0.4, -0.2) is 22.4 Å². The first kappa shape index (κ1) is 32.2. The molecule has 10 aromatic rings. The van der Waals surface area contributed by atoms with Crippen LogP contribution in [0.2, 0.25) is 0 Å². The summed E-state index contributed by atoms with van der Waals surface area (Å²) >= 11 is 1.86. The first-order chi connectivity index (χ1) is 28.3. The van der Waals surface area contributed by atoms with Crippen LogP contribution in [-0.2, 0) is 0 Å². The van der Waals surface area contributed by atoms with Gasteiger partial charge in [-0.15, -0.1) is 11.3 Å². The number of nitrogens with one attached hydrogen (secondary N) is 1. The second kappa shape index (κ2) is 12.8. The Bertz CT molecular complexity index is 3340. The molecule has 1 unspecified atom stereocenters. The number of aromatic nitrogens is 1. The molecule has 1 aliphatic heterocycles. The van der Waals surface area contributed by atoms with Crippen molar-refractivity contribution in [3.05, 3.63) is 187 Å². The summed E-state index contributed by atoms with van der Waals surface area (Å²) in [6.07, 6.45) is 8.49. The van der Waals surface area contributed by atoms with Gasteiger partial charge in [0.05, 0.1) is 27.0 Å². The van der Waals surface area contributed by atoms with Gasteiger partial charge in [-0.2, -0.15) is 0 Å². The molecule has 7 aromatic carbocycles. The number of nitrogens with zero attached hydrogens (tertiary/aromatic N) is 3. The number of furan rings is 1. The van der Waals surface area contributed by atoms with Crippen LogP contribution in [0.25, 0.3) is 80.7 Å². The molecule has 5 nitrogen and oxygen atoms in total. The van der Waals surface area contributed by atoms with Gasteiger partial charge in [0.15, 0.2) is 5.84 Å². The van der Waals surface area contributed by atoms with Crippen molar-refractivity contribution in [2.24, 2.45) is 9.98 Å². The van der Waals surface area contributed by atoms with E-state index in [9.17, 15) is 0 Å². The molecule has 0 bridgehead atoms. The van der Waals surface area contributed by atoms with Gasteiger partial charge in [-0.1, -0.05) is 146 Å². The molecule has 12 rings (SSSR count). The molecule has 57 heavy (non-hydrogen) atoms. The van der Waals surface area contributed by atoms with Gasteiger partial charge in [0.25, 0.3) is 0 Å². The van der Waals surface area contributed by atoms with E-state index in [2.05, 4.69) is 162 Å². The number of thiophene rings is 1. The van der Waals surface area contributed by atoms with E-state index in [1.165, 1.54) is 47.7 Å². The van der Waals surface area contributed by atoms with Gasteiger partial charge in [-0.3, -0.25) is 0 Å². The molecule has 6 heteroatoms. The molecular formula is C51H34N4OS. The molecule has 0 spiro atoms. The van der Waals surface area contributed by atoms with E-state index in [0.717, 1.165) is 68.4 Å². The van der Waals surface area contributed by atoms with Crippen molar-refractivity contribution in [3.63, 3.8) is 0 Å². The molecule has 1 atom stereocenters. The average Bonchev–Trinajstić information content (AvgIpc) is 3.97. The average molecular weight is 751 g/mol. The summed E-state index contributed by atoms with van der Waals surface area (Å²) in [7, 11) is 0. The summed E-state index contributed by atoms with van der Waals surface area (Å²) in [6.45, 7) is 0. The minimum Gasteiger partial charge on any atom is -0.455 e. The van der Waals surface area contributed by atoms with E-state index in [0.29, 0.717) is 5.84 Å². The molecule has 3 aromatic heterocycles. The van der Waals surface area contributed by atoms with E-state index in [1.54, 1.807) is 0 Å². The van der Waals surface area contributed by atoms with Gasteiger partial charge in [0.2, 0.25) is 0 Å². The maximum absolute atomic E-state index is 7.05. The Morgan fingerprint density at radius 1 is 0.561 bits per heavy atom. The Balaban J connectivity index is 1.05. The lowest BCUT2D eigenvalue weighted by Crippen LogP contribution is -2.40. The largest absolute Gasteiger partial charge is 0.455 e. The molecule has 0 amide bonds. The third kappa shape index (κ3) is 5.00. The predicted octanol–water partition coefficient (Wildman–Crippen LogP) is 13.1. The van der Waals surface area contributed by atoms with Gasteiger partial charge in [-0.25, -0.2) is 9.98 Å². The second-order valence-corrected chi connectivity index (χ2v) is 15.8. The molecule has 1 N–H and O–H groups in total.